The van der Waals surface area contributed by atoms with Crippen LogP contribution >= 0.6 is 0 Å². The minimum atomic E-state index is -4.24. The van der Waals surface area contributed by atoms with E-state index < -0.39 is 12.8 Å². The molecular weight excluding hydrogens is 183 g/mol. The van der Waals surface area contributed by atoms with Crippen LogP contribution in [-0.2, 0) is 4.74 Å². The molecule has 0 aromatic carbocycles. The van der Waals surface area contributed by atoms with Crippen LogP contribution in [0.5, 0.6) is 0 Å². The summed E-state index contributed by atoms with van der Waals surface area (Å²) >= 11 is 0. The molecule has 2 N–H and O–H groups in total. The maximum atomic E-state index is 11.7. The Morgan fingerprint density at radius 3 is 2.08 bits per heavy atom. The first-order chi connectivity index (χ1) is 5.77. The largest absolute Gasteiger partial charge is 0.411 e. The van der Waals surface area contributed by atoms with Gasteiger partial charge in [0, 0.05) is 0 Å². The average molecular weight is 199 g/mol. The number of ether oxygens (including phenoxy) is 1. The van der Waals surface area contributed by atoms with Crippen LogP contribution in [0.2, 0.25) is 0 Å². The Hall–Kier alpha value is -0.290. The zero-order chi connectivity index (χ0) is 10.5. The van der Waals surface area contributed by atoms with E-state index in [0.29, 0.717) is 13.0 Å². The van der Waals surface area contributed by atoms with Gasteiger partial charge in [0.2, 0.25) is 0 Å². The van der Waals surface area contributed by atoms with Crippen molar-refractivity contribution in [2.75, 3.05) is 19.8 Å². The van der Waals surface area contributed by atoms with Crippen LogP contribution in [0, 0.1) is 5.41 Å². The smallest absolute Gasteiger partial charge is 0.371 e. The molecule has 13 heavy (non-hydrogen) atoms. The van der Waals surface area contributed by atoms with Crippen molar-refractivity contribution in [2.24, 2.45) is 11.1 Å². The predicted octanol–water partition coefficient (Wildman–Crippen LogP) is 1.94. The maximum Gasteiger partial charge on any atom is 0.411 e. The summed E-state index contributed by atoms with van der Waals surface area (Å²) < 4.78 is 39.5. The third kappa shape index (κ3) is 8.05. The molecule has 5 heteroatoms. The monoisotopic (exact) mass is 199 g/mol. The van der Waals surface area contributed by atoms with E-state index in [9.17, 15) is 13.2 Å². The minimum absolute atomic E-state index is 0.0870. The fourth-order valence-electron chi connectivity index (χ4n) is 0.906. The van der Waals surface area contributed by atoms with Crippen molar-refractivity contribution >= 4 is 0 Å². The van der Waals surface area contributed by atoms with Gasteiger partial charge < -0.3 is 10.5 Å². The van der Waals surface area contributed by atoms with Gasteiger partial charge in [0.15, 0.2) is 0 Å². The molecule has 0 fully saturated rings. The van der Waals surface area contributed by atoms with Crippen LogP contribution in [0.25, 0.3) is 0 Å². The highest BCUT2D eigenvalue weighted by Gasteiger charge is 2.28. The summed E-state index contributed by atoms with van der Waals surface area (Å²) in [7, 11) is 0. The lowest BCUT2D eigenvalue weighted by Gasteiger charge is -2.23. The van der Waals surface area contributed by atoms with Gasteiger partial charge in [0.05, 0.1) is 6.61 Å². The van der Waals surface area contributed by atoms with Crippen molar-refractivity contribution in [1.82, 2.24) is 0 Å². The molecule has 0 bridgehead atoms. The molecule has 0 heterocycles. The minimum Gasteiger partial charge on any atom is -0.371 e. The van der Waals surface area contributed by atoms with Crippen LogP contribution in [0.1, 0.15) is 20.3 Å². The number of alkyl halides is 3. The Kier molecular flexibility index (Phi) is 4.70. The van der Waals surface area contributed by atoms with Crippen LogP contribution in [-0.4, -0.2) is 25.9 Å². The molecule has 0 atom stereocenters. The molecule has 0 spiro atoms. The van der Waals surface area contributed by atoms with Gasteiger partial charge in [-0.25, -0.2) is 0 Å². The first-order valence-electron chi connectivity index (χ1n) is 4.11. The van der Waals surface area contributed by atoms with Gasteiger partial charge in [-0.15, -0.1) is 0 Å². The average Bonchev–Trinajstić information content (AvgIpc) is 1.82. The summed E-state index contributed by atoms with van der Waals surface area (Å²) in [6, 6.07) is 0. The predicted molar refractivity (Wildman–Crippen MR) is 44.3 cm³/mol. The molecule has 0 aromatic rings. The van der Waals surface area contributed by atoms with Gasteiger partial charge >= 0.3 is 6.18 Å². The van der Waals surface area contributed by atoms with Crippen molar-refractivity contribution in [3.8, 4) is 0 Å². The zero-order valence-corrected chi connectivity index (χ0v) is 7.95. The van der Waals surface area contributed by atoms with Crippen molar-refractivity contribution in [3.05, 3.63) is 0 Å². The Morgan fingerprint density at radius 1 is 1.15 bits per heavy atom. The third-order valence-corrected chi connectivity index (χ3v) is 1.58. The Labute approximate surface area is 76.2 Å². The fraction of sp³-hybridized carbons (Fsp3) is 1.00. The lowest BCUT2D eigenvalue weighted by atomic mass is 9.91. The summed E-state index contributed by atoms with van der Waals surface area (Å²) in [5.41, 5.74) is 5.02. The zero-order valence-electron chi connectivity index (χ0n) is 7.95. The number of halogens is 3. The molecule has 0 radical (unpaired) electrons. The van der Waals surface area contributed by atoms with Gasteiger partial charge in [-0.05, 0) is 18.4 Å². The van der Waals surface area contributed by atoms with Gasteiger partial charge in [0.1, 0.15) is 6.61 Å². The summed E-state index contributed by atoms with van der Waals surface area (Å²) in [5, 5.41) is 0. The second-order valence-corrected chi connectivity index (χ2v) is 3.81. The first-order valence-corrected chi connectivity index (χ1v) is 4.11. The lowest BCUT2D eigenvalue weighted by molar-refractivity contribution is -0.179. The van der Waals surface area contributed by atoms with E-state index >= 15 is 0 Å². The molecule has 0 aliphatic rings. The molecule has 0 saturated heterocycles. The summed E-state index contributed by atoms with van der Waals surface area (Å²) in [6.07, 6.45) is -3.58. The quantitative estimate of drug-likeness (QED) is 0.734. The Morgan fingerprint density at radius 2 is 1.69 bits per heavy atom. The van der Waals surface area contributed by atoms with Gasteiger partial charge in [-0.2, -0.15) is 13.2 Å². The fourth-order valence-corrected chi connectivity index (χ4v) is 0.906. The van der Waals surface area contributed by atoms with Crippen LogP contribution < -0.4 is 5.73 Å². The van der Waals surface area contributed by atoms with Crippen molar-refractivity contribution in [1.29, 1.82) is 0 Å². The highest BCUT2D eigenvalue weighted by atomic mass is 19.4. The normalized spacial score (nSPS) is 13.4. The molecule has 0 aromatic heterocycles. The SMILES string of the molecule is CC(C)(CCN)COCC(F)(F)F. The second-order valence-electron chi connectivity index (χ2n) is 3.81. The highest BCUT2D eigenvalue weighted by Crippen LogP contribution is 2.21. The lowest BCUT2D eigenvalue weighted by Crippen LogP contribution is -2.26. The standard InChI is InChI=1S/C8H16F3NO/c1-7(2,3-4-12)5-13-6-8(9,10)11/h3-6,12H2,1-2H3. The van der Waals surface area contributed by atoms with E-state index in [0.717, 1.165) is 0 Å². The molecular formula is C8H16F3NO. The van der Waals surface area contributed by atoms with Gasteiger partial charge in [0.25, 0.3) is 0 Å². The number of hydrogen-bond donors (Lipinski definition) is 1. The molecule has 0 saturated carbocycles. The summed E-state index contributed by atoms with van der Waals surface area (Å²) in [5.74, 6) is 0. The number of hydrogen-bond acceptors (Lipinski definition) is 2. The molecule has 0 aliphatic carbocycles. The van der Waals surface area contributed by atoms with E-state index in [1.165, 1.54) is 0 Å². The van der Waals surface area contributed by atoms with E-state index in [2.05, 4.69) is 4.74 Å². The van der Waals surface area contributed by atoms with Crippen molar-refractivity contribution in [3.63, 3.8) is 0 Å². The summed E-state index contributed by atoms with van der Waals surface area (Å²) in [6.45, 7) is 3.03. The van der Waals surface area contributed by atoms with Crippen LogP contribution in [0.15, 0.2) is 0 Å². The first kappa shape index (κ1) is 12.7. The van der Waals surface area contributed by atoms with Gasteiger partial charge in [-0.3, -0.25) is 0 Å². The molecule has 0 aliphatic heterocycles. The van der Waals surface area contributed by atoms with E-state index in [1.54, 1.807) is 0 Å². The van der Waals surface area contributed by atoms with Crippen molar-refractivity contribution in [2.45, 2.75) is 26.4 Å². The van der Waals surface area contributed by atoms with Gasteiger partial charge in [-0.1, -0.05) is 13.8 Å². The van der Waals surface area contributed by atoms with E-state index in [1.807, 2.05) is 13.8 Å². The van der Waals surface area contributed by atoms with Crippen LogP contribution in [0.4, 0.5) is 13.2 Å². The third-order valence-electron chi connectivity index (χ3n) is 1.58. The molecule has 80 valence electrons. The molecule has 0 amide bonds. The highest BCUT2D eigenvalue weighted by molar-refractivity contribution is 4.68. The topological polar surface area (TPSA) is 35.2 Å². The Bertz CT molecular complexity index is 145. The molecule has 2 nitrogen and oxygen atoms in total. The maximum absolute atomic E-state index is 11.7. The summed E-state index contributed by atoms with van der Waals surface area (Å²) in [4.78, 5) is 0. The van der Waals surface area contributed by atoms with Crippen molar-refractivity contribution < 1.29 is 17.9 Å². The second kappa shape index (κ2) is 4.81. The van der Waals surface area contributed by atoms with E-state index in [4.69, 9.17) is 5.73 Å². The van der Waals surface area contributed by atoms with Crippen LogP contribution in [0.3, 0.4) is 0 Å². The van der Waals surface area contributed by atoms with E-state index in [-0.39, 0.29) is 12.0 Å². The molecule has 0 unspecified atom stereocenters. The Balaban J connectivity index is 3.63. The molecule has 0 rings (SSSR count). The number of nitrogens with two attached hydrogens (primary N) is 1. The number of rotatable bonds is 5.